The summed E-state index contributed by atoms with van der Waals surface area (Å²) in [5, 5.41) is 9.02. The molecule has 1 aromatic rings. The Balaban J connectivity index is 2.85. The summed E-state index contributed by atoms with van der Waals surface area (Å²) in [6, 6.07) is 6.33. The number of benzene rings is 1. The summed E-state index contributed by atoms with van der Waals surface area (Å²) in [5.41, 5.74) is -0.613. The van der Waals surface area contributed by atoms with Crippen molar-refractivity contribution in [3.63, 3.8) is 0 Å². The predicted molar refractivity (Wildman–Crippen MR) is 102 cm³/mol. The molecule has 1 rings (SSSR count). The summed E-state index contributed by atoms with van der Waals surface area (Å²) in [7, 11) is 0.309. The van der Waals surface area contributed by atoms with Gasteiger partial charge in [-0.1, -0.05) is 6.07 Å². The number of methoxy groups -OCH3 is 1. The number of sulfonamides is 1. The van der Waals surface area contributed by atoms with E-state index in [2.05, 4.69) is 4.72 Å². The SMILES string of the molecule is CNS(=O)(=O)c1cc(/C=C/C(=O)OCC(=O)N(C)C(C)(C)C#N)ccc1OC. The number of amides is 1. The van der Waals surface area contributed by atoms with Gasteiger partial charge in [-0.2, -0.15) is 5.26 Å². The van der Waals surface area contributed by atoms with E-state index >= 15 is 0 Å². The molecule has 0 aliphatic rings. The number of nitrogens with one attached hydrogen (secondary N) is 1. The number of carbonyl (C=O) groups excluding carboxylic acids is 2. The molecule has 0 bridgehead atoms. The maximum atomic E-state index is 12.0. The standard InChI is InChI=1S/C18H23N3O6S/c1-18(2,12-19)21(4)16(22)11-27-17(23)9-7-13-6-8-14(26-5)15(10-13)28(24,25)20-3/h6-10,20H,11H2,1-5H3/b9-7+. The van der Waals surface area contributed by atoms with Gasteiger partial charge in [-0.15, -0.1) is 0 Å². The Morgan fingerprint density at radius 3 is 2.54 bits per heavy atom. The average molecular weight is 409 g/mol. The molecule has 0 fully saturated rings. The fraction of sp³-hybridized carbons (Fsp3) is 0.389. The lowest BCUT2D eigenvalue weighted by atomic mass is 10.1. The van der Waals surface area contributed by atoms with E-state index in [-0.39, 0.29) is 10.6 Å². The van der Waals surface area contributed by atoms with Crippen molar-refractivity contribution in [2.75, 3.05) is 27.8 Å². The van der Waals surface area contributed by atoms with E-state index in [0.29, 0.717) is 5.56 Å². The van der Waals surface area contributed by atoms with Gasteiger partial charge in [-0.3, -0.25) is 4.79 Å². The summed E-state index contributed by atoms with van der Waals surface area (Å²) >= 11 is 0. The minimum Gasteiger partial charge on any atom is -0.495 e. The van der Waals surface area contributed by atoms with Crippen LogP contribution in [-0.4, -0.2) is 58.5 Å². The first-order valence-electron chi connectivity index (χ1n) is 8.13. The van der Waals surface area contributed by atoms with Crippen molar-refractivity contribution in [1.29, 1.82) is 5.26 Å². The highest BCUT2D eigenvalue weighted by atomic mass is 32.2. The van der Waals surface area contributed by atoms with E-state index in [4.69, 9.17) is 14.7 Å². The van der Waals surface area contributed by atoms with E-state index in [0.717, 1.165) is 6.08 Å². The first kappa shape index (κ1) is 23.1. The summed E-state index contributed by atoms with van der Waals surface area (Å²) < 4.78 is 36.2. The second-order valence-electron chi connectivity index (χ2n) is 6.18. The molecule has 0 saturated carbocycles. The molecule has 1 aromatic carbocycles. The molecule has 0 atom stereocenters. The van der Waals surface area contributed by atoms with Crippen LogP contribution in [0.1, 0.15) is 19.4 Å². The molecular formula is C18H23N3O6S. The Morgan fingerprint density at radius 2 is 2.00 bits per heavy atom. The number of nitrogens with zero attached hydrogens (tertiary/aromatic N) is 2. The largest absolute Gasteiger partial charge is 0.495 e. The van der Waals surface area contributed by atoms with E-state index in [1.807, 2.05) is 6.07 Å². The molecule has 0 heterocycles. The molecule has 9 nitrogen and oxygen atoms in total. The van der Waals surface area contributed by atoms with Gasteiger partial charge < -0.3 is 14.4 Å². The van der Waals surface area contributed by atoms with Gasteiger partial charge in [0, 0.05) is 13.1 Å². The van der Waals surface area contributed by atoms with Crippen molar-refractivity contribution >= 4 is 28.0 Å². The Morgan fingerprint density at radius 1 is 1.36 bits per heavy atom. The van der Waals surface area contributed by atoms with Crippen LogP contribution in [-0.2, 0) is 24.3 Å². The highest BCUT2D eigenvalue weighted by molar-refractivity contribution is 7.89. The predicted octanol–water partition coefficient (Wildman–Crippen LogP) is 0.920. The van der Waals surface area contributed by atoms with Crippen LogP contribution in [0.4, 0.5) is 0 Å². The summed E-state index contributed by atoms with van der Waals surface area (Å²) in [4.78, 5) is 24.9. The molecule has 1 amide bonds. The Labute approximate surface area is 164 Å². The molecule has 0 unspecified atom stereocenters. The van der Waals surface area contributed by atoms with Crippen LogP contribution in [0.2, 0.25) is 0 Å². The number of hydrogen-bond donors (Lipinski definition) is 1. The number of ether oxygens (including phenoxy) is 2. The van der Waals surface area contributed by atoms with Crippen molar-refractivity contribution in [2.24, 2.45) is 0 Å². The van der Waals surface area contributed by atoms with Crippen molar-refractivity contribution in [1.82, 2.24) is 9.62 Å². The van der Waals surface area contributed by atoms with Gasteiger partial charge in [0.05, 0.1) is 13.2 Å². The zero-order chi connectivity index (χ0) is 21.5. The molecule has 0 spiro atoms. The van der Waals surface area contributed by atoms with E-state index in [1.54, 1.807) is 19.9 Å². The maximum Gasteiger partial charge on any atom is 0.331 e. The summed E-state index contributed by atoms with van der Waals surface area (Å²) in [6.45, 7) is 2.60. The highest BCUT2D eigenvalue weighted by Crippen LogP contribution is 2.25. The first-order valence-corrected chi connectivity index (χ1v) is 9.61. The number of hydrogen-bond acceptors (Lipinski definition) is 7. The van der Waals surface area contributed by atoms with Crippen LogP contribution in [0.25, 0.3) is 6.08 Å². The smallest absolute Gasteiger partial charge is 0.331 e. The average Bonchev–Trinajstić information content (AvgIpc) is 2.69. The molecule has 10 heteroatoms. The Bertz CT molecular complexity index is 916. The van der Waals surface area contributed by atoms with Gasteiger partial charge in [-0.05, 0) is 44.7 Å². The highest BCUT2D eigenvalue weighted by Gasteiger charge is 2.27. The van der Waals surface area contributed by atoms with Crippen LogP contribution >= 0.6 is 0 Å². The van der Waals surface area contributed by atoms with E-state index in [1.165, 1.54) is 44.3 Å². The number of carbonyl (C=O) groups is 2. The van der Waals surface area contributed by atoms with Crippen LogP contribution in [0.15, 0.2) is 29.2 Å². The molecule has 1 N–H and O–H groups in total. The molecule has 0 saturated heterocycles. The van der Waals surface area contributed by atoms with Gasteiger partial charge in [-0.25, -0.2) is 17.9 Å². The van der Waals surface area contributed by atoms with Crippen molar-refractivity contribution in [3.05, 3.63) is 29.8 Å². The van der Waals surface area contributed by atoms with Crippen molar-refractivity contribution in [3.8, 4) is 11.8 Å². The van der Waals surface area contributed by atoms with Crippen molar-refractivity contribution in [2.45, 2.75) is 24.3 Å². The van der Waals surface area contributed by atoms with Crippen LogP contribution in [0.5, 0.6) is 5.75 Å². The van der Waals surface area contributed by atoms with E-state index in [9.17, 15) is 18.0 Å². The van der Waals surface area contributed by atoms with Crippen LogP contribution in [0, 0.1) is 11.3 Å². The lowest BCUT2D eigenvalue weighted by molar-refractivity contribution is -0.149. The zero-order valence-corrected chi connectivity index (χ0v) is 17.2. The Hall–Kier alpha value is -2.90. The monoisotopic (exact) mass is 409 g/mol. The molecule has 0 aliphatic carbocycles. The van der Waals surface area contributed by atoms with Crippen LogP contribution in [0.3, 0.4) is 0 Å². The molecule has 0 radical (unpaired) electrons. The van der Waals surface area contributed by atoms with Gasteiger partial charge in [0.2, 0.25) is 10.0 Å². The number of nitriles is 1. The van der Waals surface area contributed by atoms with Gasteiger partial charge in [0.1, 0.15) is 16.2 Å². The molecule has 152 valence electrons. The lowest BCUT2D eigenvalue weighted by Gasteiger charge is -2.28. The van der Waals surface area contributed by atoms with E-state index < -0.39 is 34.0 Å². The van der Waals surface area contributed by atoms with Crippen LogP contribution < -0.4 is 9.46 Å². The first-order chi connectivity index (χ1) is 13.0. The van der Waals surface area contributed by atoms with Gasteiger partial charge in [0.25, 0.3) is 5.91 Å². The third-order valence-electron chi connectivity index (χ3n) is 3.98. The maximum absolute atomic E-state index is 12.0. The third kappa shape index (κ3) is 5.80. The minimum absolute atomic E-state index is 0.0800. The number of likely N-dealkylation sites (N-methyl/N-ethyl adjacent to an activating group) is 1. The normalized spacial score (nSPS) is 11.7. The number of esters is 1. The van der Waals surface area contributed by atoms with Gasteiger partial charge in [0.15, 0.2) is 6.61 Å². The molecule has 0 aromatic heterocycles. The topological polar surface area (TPSA) is 126 Å². The fourth-order valence-corrected chi connectivity index (χ4v) is 2.87. The third-order valence-corrected chi connectivity index (χ3v) is 5.42. The molecular weight excluding hydrogens is 386 g/mol. The Kier molecular flexibility index (Phi) is 7.72. The second kappa shape index (κ2) is 9.34. The quantitative estimate of drug-likeness (QED) is 0.500. The summed E-state index contributed by atoms with van der Waals surface area (Å²) in [6.07, 6.45) is 2.42. The zero-order valence-electron chi connectivity index (χ0n) is 16.3. The fourth-order valence-electron chi connectivity index (χ4n) is 1.95. The summed E-state index contributed by atoms with van der Waals surface area (Å²) in [5.74, 6) is -1.16. The van der Waals surface area contributed by atoms with Crippen molar-refractivity contribution < 1.29 is 27.5 Å². The van der Waals surface area contributed by atoms with Gasteiger partial charge >= 0.3 is 5.97 Å². The molecule has 0 aliphatic heterocycles. The lowest BCUT2D eigenvalue weighted by Crippen LogP contribution is -2.45. The minimum atomic E-state index is -3.75. The molecule has 28 heavy (non-hydrogen) atoms. The second-order valence-corrected chi connectivity index (χ2v) is 8.04. The number of rotatable bonds is 8.